The van der Waals surface area contributed by atoms with Crippen LogP contribution in [-0.4, -0.2) is 24.7 Å². The molecular formula is C16H25NO3. The highest BCUT2D eigenvalue weighted by molar-refractivity contribution is 5.94. The van der Waals surface area contributed by atoms with Crippen LogP contribution in [0.1, 0.15) is 55.8 Å². The second-order valence-electron chi connectivity index (χ2n) is 4.91. The van der Waals surface area contributed by atoms with E-state index < -0.39 is 5.97 Å². The molecule has 0 aliphatic rings. The molecule has 0 aliphatic carbocycles. The molecule has 0 amide bonds. The summed E-state index contributed by atoms with van der Waals surface area (Å²) in [6.07, 6.45) is 7.32. The standard InChI is InChI=1S/C16H25NO3/c1-3-4-5-6-7-8-11-17-15-12-13(20-2)9-10-14(15)16(18)19/h9-10,12,17H,3-8,11H2,1-2H3,(H,18,19). The fourth-order valence-corrected chi connectivity index (χ4v) is 2.11. The van der Waals surface area contributed by atoms with Crippen molar-refractivity contribution in [2.75, 3.05) is 19.0 Å². The molecule has 0 atom stereocenters. The number of hydrogen-bond donors (Lipinski definition) is 2. The molecule has 1 aromatic carbocycles. The number of aromatic carboxylic acids is 1. The number of methoxy groups -OCH3 is 1. The average molecular weight is 279 g/mol. The number of benzene rings is 1. The van der Waals surface area contributed by atoms with Crippen LogP contribution in [0.4, 0.5) is 5.69 Å². The van der Waals surface area contributed by atoms with Crippen molar-refractivity contribution in [3.8, 4) is 5.75 Å². The molecule has 4 nitrogen and oxygen atoms in total. The molecule has 0 radical (unpaired) electrons. The maximum Gasteiger partial charge on any atom is 0.337 e. The van der Waals surface area contributed by atoms with Crippen molar-refractivity contribution in [1.29, 1.82) is 0 Å². The van der Waals surface area contributed by atoms with Gasteiger partial charge in [-0.2, -0.15) is 0 Å². The summed E-state index contributed by atoms with van der Waals surface area (Å²) >= 11 is 0. The summed E-state index contributed by atoms with van der Waals surface area (Å²) in [5.74, 6) is -0.251. The van der Waals surface area contributed by atoms with E-state index in [-0.39, 0.29) is 5.56 Å². The predicted molar refractivity (Wildman–Crippen MR) is 81.8 cm³/mol. The molecule has 1 aromatic rings. The number of rotatable bonds is 10. The molecule has 20 heavy (non-hydrogen) atoms. The molecule has 1 rings (SSSR count). The summed E-state index contributed by atoms with van der Waals surface area (Å²) in [5, 5.41) is 12.3. The summed E-state index contributed by atoms with van der Waals surface area (Å²) in [6.45, 7) is 3.00. The van der Waals surface area contributed by atoms with Gasteiger partial charge in [0.1, 0.15) is 5.75 Å². The minimum Gasteiger partial charge on any atom is -0.497 e. The van der Waals surface area contributed by atoms with Crippen molar-refractivity contribution in [2.45, 2.75) is 45.4 Å². The Balaban J connectivity index is 2.43. The van der Waals surface area contributed by atoms with Gasteiger partial charge >= 0.3 is 5.97 Å². The van der Waals surface area contributed by atoms with Crippen LogP contribution in [0.2, 0.25) is 0 Å². The average Bonchev–Trinajstić information content (AvgIpc) is 2.45. The first-order valence-corrected chi connectivity index (χ1v) is 7.34. The van der Waals surface area contributed by atoms with E-state index in [2.05, 4.69) is 12.2 Å². The Morgan fingerprint density at radius 3 is 2.55 bits per heavy atom. The third-order valence-corrected chi connectivity index (χ3v) is 3.30. The number of unbranched alkanes of at least 4 members (excludes halogenated alkanes) is 5. The van der Waals surface area contributed by atoms with Crippen LogP contribution in [0.5, 0.6) is 5.75 Å². The Morgan fingerprint density at radius 2 is 1.90 bits per heavy atom. The molecule has 112 valence electrons. The number of ether oxygens (including phenoxy) is 1. The lowest BCUT2D eigenvalue weighted by molar-refractivity contribution is 0.0698. The quantitative estimate of drug-likeness (QED) is 0.631. The van der Waals surface area contributed by atoms with Crippen LogP contribution in [0, 0.1) is 0 Å². The lowest BCUT2D eigenvalue weighted by Crippen LogP contribution is -2.08. The van der Waals surface area contributed by atoms with E-state index in [9.17, 15) is 4.79 Å². The maximum absolute atomic E-state index is 11.1. The molecular weight excluding hydrogens is 254 g/mol. The second kappa shape index (κ2) is 9.23. The lowest BCUT2D eigenvalue weighted by Gasteiger charge is -2.11. The Labute approximate surface area is 121 Å². The van der Waals surface area contributed by atoms with E-state index in [0.717, 1.165) is 13.0 Å². The number of nitrogens with one attached hydrogen (secondary N) is 1. The van der Waals surface area contributed by atoms with Gasteiger partial charge in [-0.25, -0.2) is 4.79 Å². The Hall–Kier alpha value is -1.71. The van der Waals surface area contributed by atoms with Crippen molar-refractivity contribution in [1.82, 2.24) is 0 Å². The Bertz CT molecular complexity index is 418. The van der Waals surface area contributed by atoms with Gasteiger partial charge in [-0.3, -0.25) is 0 Å². The van der Waals surface area contributed by atoms with Gasteiger partial charge in [0, 0.05) is 12.6 Å². The number of anilines is 1. The SMILES string of the molecule is CCCCCCCCNc1cc(OC)ccc1C(=O)O. The molecule has 4 heteroatoms. The topological polar surface area (TPSA) is 58.6 Å². The van der Waals surface area contributed by atoms with Crippen LogP contribution in [0.3, 0.4) is 0 Å². The van der Waals surface area contributed by atoms with Crippen LogP contribution >= 0.6 is 0 Å². The van der Waals surface area contributed by atoms with Gasteiger partial charge in [0.05, 0.1) is 18.4 Å². The summed E-state index contributed by atoms with van der Waals surface area (Å²) in [4.78, 5) is 11.1. The van der Waals surface area contributed by atoms with E-state index in [1.54, 1.807) is 25.3 Å². The first kappa shape index (κ1) is 16.3. The molecule has 0 saturated heterocycles. The van der Waals surface area contributed by atoms with Gasteiger partial charge in [-0.15, -0.1) is 0 Å². The molecule has 2 N–H and O–H groups in total. The van der Waals surface area contributed by atoms with Crippen molar-refractivity contribution >= 4 is 11.7 Å². The van der Waals surface area contributed by atoms with Crippen LogP contribution in [0.25, 0.3) is 0 Å². The van der Waals surface area contributed by atoms with Crippen molar-refractivity contribution in [2.24, 2.45) is 0 Å². The molecule has 0 fully saturated rings. The maximum atomic E-state index is 11.1. The minimum atomic E-state index is -0.918. The van der Waals surface area contributed by atoms with E-state index in [1.807, 2.05) is 0 Å². The fourth-order valence-electron chi connectivity index (χ4n) is 2.11. The largest absolute Gasteiger partial charge is 0.497 e. The summed E-state index contributed by atoms with van der Waals surface area (Å²) in [6, 6.07) is 4.98. The number of carboxylic acids is 1. The van der Waals surface area contributed by atoms with Gasteiger partial charge in [0.25, 0.3) is 0 Å². The molecule has 0 aliphatic heterocycles. The zero-order valence-corrected chi connectivity index (χ0v) is 12.4. The highest BCUT2D eigenvalue weighted by Gasteiger charge is 2.10. The smallest absolute Gasteiger partial charge is 0.337 e. The second-order valence-corrected chi connectivity index (χ2v) is 4.91. The summed E-state index contributed by atoms with van der Waals surface area (Å²) in [5.41, 5.74) is 0.919. The summed E-state index contributed by atoms with van der Waals surface area (Å²) < 4.78 is 5.13. The van der Waals surface area contributed by atoms with Gasteiger partial charge in [-0.05, 0) is 18.6 Å². The van der Waals surface area contributed by atoms with E-state index in [1.165, 1.54) is 32.1 Å². The third-order valence-electron chi connectivity index (χ3n) is 3.30. The molecule has 0 aromatic heterocycles. The lowest BCUT2D eigenvalue weighted by atomic mass is 10.1. The van der Waals surface area contributed by atoms with Crippen molar-refractivity contribution < 1.29 is 14.6 Å². The third kappa shape index (κ3) is 5.51. The number of carbonyl (C=O) groups is 1. The highest BCUT2D eigenvalue weighted by Crippen LogP contribution is 2.22. The van der Waals surface area contributed by atoms with E-state index in [4.69, 9.17) is 9.84 Å². The van der Waals surface area contributed by atoms with Gasteiger partial charge in [0.2, 0.25) is 0 Å². The molecule has 0 bridgehead atoms. The molecule has 0 unspecified atom stereocenters. The van der Waals surface area contributed by atoms with Crippen molar-refractivity contribution in [3.05, 3.63) is 23.8 Å². The first-order valence-electron chi connectivity index (χ1n) is 7.34. The minimum absolute atomic E-state index is 0.289. The summed E-state index contributed by atoms with van der Waals surface area (Å²) in [7, 11) is 1.58. The van der Waals surface area contributed by atoms with Crippen molar-refractivity contribution in [3.63, 3.8) is 0 Å². The van der Waals surface area contributed by atoms with Crippen LogP contribution in [-0.2, 0) is 0 Å². The van der Waals surface area contributed by atoms with Crippen LogP contribution < -0.4 is 10.1 Å². The monoisotopic (exact) mass is 279 g/mol. The Morgan fingerprint density at radius 1 is 1.20 bits per heavy atom. The zero-order chi connectivity index (χ0) is 14.8. The Kier molecular flexibility index (Phi) is 7.55. The van der Waals surface area contributed by atoms with E-state index >= 15 is 0 Å². The van der Waals surface area contributed by atoms with Gasteiger partial charge in [0.15, 0.2) is 0 Å². The first-order chi connectivity index (χ1) is 9.69. The van der Waals surface area contributed by atoms with Gasteiger partial charge in [-0.1, -0.05) is 39.0 Å². The zero-order valence-electron chi connectivity index (χ0n) is 12.4. The predicted octanol–water partition coefficient (Wildman–Crippen LogP) is 4.17. The van der Waals surface area contributed by atoms with E-state index in [0.29, 0.717) is 11.4 Å². The highest BCUT2D eigenvalue weighted by atomic mass is 16.5. The molecule has 0 spiro atoms. The van der Waals surface area contributed by atoms with Gasteiger partial charge < -0.3 is 15.2 Å². The molecule has 0 heterocycles. The normalized spacial score (nSPS) is 10.3. The molecule has 0 saturated carbocycles. The fraction of sp³-hybridized carbons (Fsp3) is 0.562. The number of hydrogen-bond acceptors (Lipinski definition) is 3. The van der Waals surface area contributed by atoms with Crippen LogP contribution in [0.15, 0.2) is 18.2 Å². The number of carboxylic acid groups (broad SMARTS) is 1.